The van der Waals surface area contributed by atoms with Crippen LogP contribution in [0, 0.1) is 0 Å². The van der Waals surface area contributed by atoms with E-state index in [-0.39, 0.29) is 5.91 Å². The first-order chi connectivity index (χ1) is 9.65. The van der Waals surface area contributed by atoms with E-state index < -0.39 is 0 Å². The van der Waals surface area contributed by atoms with Crippen LogP contribution in [0.3, 0.4) is 0 Å². The lowest BCUT2D eigenvalue weighted by Gasteiger charge is -2.07. The van der Waals surface area contributed by atoms with Crippen molar-refractivity contribution in [3.05, 3.63) is 58.8 Å². The number of amides is 1. The van der Waals surface area contributed by atoms with Gasteiger partial charge in [-0.3, -0.25) is 4.79 Å². The lowest BCUT2D eigenvalue weighted by atomic mass is 10.2. The molecule has 0 aliphatic carbocycles. The molecule has 3 rings (SSSR count). The van der Waals surface area contributed by atoms with Crippen LogP contribution in [0.25, 0.3) is 5.52 Å². The fraction of sp³-hybridized carbons (Fsp3) is 0. The topological polar surface area (TPSA) is 72.4 Å². The Morgan fingerprint density at radius 3 is 3.00 bits per heavy atom. The summed E-state index contributed by atoms with van der Waals surface area (Å²) in [5.74, 6) is -0.225. The Balaban J connectivity index is 1.95. The minimum Gasteiger partial charge on any atom is -0.399 e. The number of carbonyl (C=O) groups excluding carboxylic acids is 1. The summed E-state index contributed by atoms with van der Waals surface area (Å²) < 4.78 is 2.43. The van der Waals surface area contributed by atoms with Gasteiger partial charge in [0.15, 0.2) is 0 Å². The maximum absolute atomic E-state index is 12.3. The number of halogens is 1. The molecule has 0 spiro atoms. The average molecular weight is 331 g/mol. The molecule has 1 amide bonds. The predicted molar refractivity (Wildman–Crippen MR) is 81.7 cm³/mol. The summed E-state index contributed by atoms with van der Waals surface area (Å²) in [5.41, 5.74) is 8.21. The Hall–Kier alpha value is -2.34. The van der Waals surface area contributed by atoms with Gasteiger partial charge in [-0.25, -0.2) is 4.52 Å². The molecule has 0 atom stereocenters. The van der Waals surface area contributed by atoms with E-state index in [2.05, 4.69) is 26.3 Å². The van der Waals surface area contributed by atoms with Gasteiger partial charge in [-0.1, -0.05) is 6.07 Å². The van der Waals surface area contributed by atoms with Crippen molar-refractivity contribution in [1.29, 1.82) is 0 Å². The number of fused-ring (bicyclic) bond motifs is 1. The molecule has 2 aromatic heterocycles. The molecule has 0 bridgehead atoms. The van der Waals surface area contributed by atoms with Gasteiger partial charge in [-0.2, -0.15) is 5.10 Å². The van der Waals surface area contributed by atoms with Crippen LogP contribution in [0.5, 0.6) is 0 Å². The van der Waals surface area contributed by atoms with E-state index in [0.717, 1.165) is 9.99 Å². The maximum atomic E-state index is 12.3. The third-order valence-corrected chi connectivity index (χ3v) is 3.60. The summed E-state index contributed by atoms with van der Waals surface area (Å²) >= 11 is 3.38. The first-order valence-electron chi connectivity index (χ1n) is 5.94. The van der Waals surface area contributed by atoms with E-state index in [4.69, 9.17) is 5.73 Å². The second-order valence-corrected chi connectivity index (χ2v) is 5.14. The van der Waals surface area contributed by atoms with Crippen LogP contribution in [0.4, 0.5) is 11.4 Å². The summed E-state index contributed by atoms with van der Waals surface area (Å²) in [4.78, 5) is 12.3. The van der Waals surface area contributed by atoms with Crippen LogP contribution >= 0.6 is 15.9 Å². The summed E-state index contributed by atoms with van der Waals surface area (Å²) in [5, 5.41) is 6.97. The van der Waals surface area contributed by atoms with Gasteiger partial charge in [-0.15, -0.1) is 0 Å². The fourth-order valence-electron chi connectivity index (χ4n) is 1.94. The number of rotatable bonds is 2. The number of aromatic nitrogens is 2. The van der Waals surface area contributed by atoms with Crippen LogP contribution in [0.15, 0.2) is 53.3 Å². The van der Waals surface area contributed by atoms with Gasteiger partial charge in [0.1, 0.15) is 0 Å². The van der Waals surface area contributed by atoms with Crippen molar-refractivity contribution >= 4 is 38.7 Å². The van der Waals surface area contributed by atoms with E-state index in [9.17, 15) is 4.79 Å². The Bertz CT molecular complexity index is 797. The first-order valence-corrected chi connectivity index (χ1v) is 6.73. The molecule has 0 fully saturated rings. The van der Waals surface area contributed by atoms with E-state index in [0.29, 0.717) is 16.9 Å². The minimum atomic E-state index is -0.225. The molecular formula is C14H11BrN4O. The molecule has 2 heterocycles. The minimum absolute atomic E-state index is 0.225. The molecule has 0 saturated heterocycles. The molecule has 20 heavy (non-hydrogen) atoms. The van der Waals surface area contributed by atoms with Gasteiger partial charge in [-0.05, 0) is 46.3 Å². The number of pyridine rings is 1. The van der Waals surface area contributed by atoms with Crippen LogP contribution in [0.2, 0.25) is 0 Å². The van der Waals surface area contributed by atoms with Crippen molar-refractivity contribution in [3.63, 3.8) is 0 Å². The Labute approximate surface area is 123 Å². The molecule has 0 saturated carbocycles. The Kier molecular flexibility index (Phi) is 3.15. The normalized spacial score (nSPS) is 10.7. The second kappa shape index (κ2) is 4.97. The molecular weight excluding hydrogens is 320 g/mol. The van der Waals surface area contributed by atoms with E-state index in [1.54, 1.807) is 35.1 Å². The number of nitrogens with one attached hydrogen (secondary N) is 1. The SMILES string of the molecule is Nc1ccc(Br)c(NC(=O)c2cnn3ccccc23)c1. The van der Waals surface area contributed by atoms with E-state index in [1.165, 1.54) is 0 Å². The summed E-state index contributed by atoms with van der Waals surface area (Å²) in [7, 11) is 0. The molecule has 6 heteroatoms. The Morgan fingerprint density at radius 1 is 1.30 bits per heavy atom. The quantitative estimate of drug-likeness (QED) is 0.709. The van der Waals surface area contributed by atoms with Crippen molar-refractivity contribution in [1.82, 2.24) is 9.61 Å². The molecule has 0 aliphatic rings. The molecule has 3 aromatic rings. The lowest BCUT2D eigenvalue weighted by Crippen LogP contribution is -2.12. The van der Waals surface area contributed by atoms with Crippen molar-refractivity contribution < 1.29 is 4.79 Å². The highest BCUT2D eigenvalue weighted by Gasteiger charge is 2.13. The highest BCUT2D eigenvalue weighted by atomic mass is 79.9. The third-order valence-electron chi connectivity index (χ3n) is 2.91. The zero-order valence-corrected chi connectivity index (χ0v) is 12.0. The first kappa shape index (κ1) is 12.7. The second-order valence-electron chi connectivity index (χ2n) is 4.28. The molecule has 5 nitrogen and oxygen atoms in total. The van der Waals surface area contributed by atoms with Crippen LogP contribution in [0.1, 0.15) is 10.4 Å². The largest absolute Gasteiger partial charge is 0.399 e. The van der Waals surface area contributed by atoms with Gasteiger partial charge < -0.3 is 11.1 Å². The Morgan fingerprint density at radius 2 is 2.15 bits per heavy atom. The zero-order valence-electron chi connectivity index (χ0n) is 10.4. The van der Waals surface area contributed by atoms with Gasteiger partial charge >= 0.3 is 0 Å². The highest BCUT2D eigenvalue weighted by Crippen LogP contribution is 2.25. The number of nitrogens with zero attached hydrogens (tertiary/aromatic N) is 2. The zero-order chi connectivity index (χ0) is 14.1. The predicted octanol–water partition coefficient (Wildman–Crippen LogP) is 2.93. The molecule has 0 aliphatic heterocycles. The molecule has 3 N–H and O–H groups in total. The van der Waals surface area contributed by atoms with Crippen molar-refractivity contribution in [2.45, 2.75) is 0 Å². The maximum Gasteiger partial charge on any atom is 0.259 e. The summed E-state index contributed by atoms with van der Waals surface area (Å²) in [6, 6.07) is 10.8. The standard InChI is InChI=1S/C14H11BrN4O/c15-11-5-4-9(16)7-12(11)18-14(20)10-8-17-19-6-2-1-3-13(10)19/h1-8H,16H2,(H,18,20). The number of nitrogens with two attached hydrogens (primary N) is 1. The van der Waals surface area contributed by atoms with Crippen LogP contribution < -0.4 is 11.1 Å². The van der Waals surface area contributed by atoms with Crippen LogP contribution in [-0.2, 0) is 0 Å². The number of anilines is 2. The van der Waals surface area contributed by atoms with E-state index in [1.807, 2.05) is 18.2 Å². The summed E-state index contributed by atoms with van der Waals surface area (Å²) in [6.07, 6.45) is 3.34. The molecule has 100 valence electrons. The molecule has 1 aromatic carbocycles. The fourth-order valence-corrected chi connectivity index (χ4v) is 2.28. The number of carbonyl (C=O) groups is 1. The van der Waals surface area contributed by atoms with Crippen molar-refractivity contribution in [2.75, 3.05) is 11.1 Å². The van der Waals surface area contributed by atoms with Gasteiger partial charge in [0, 0.05) is 16.4 Å². The summed E-state index contributed by atoms with van der Waals surface area (Å²) in [6.45, 7) is 0. The number of hydrogen-bond donors (Lipinski definition) is 2. The number of benzene rings is 1. The average Bonchev–Trinajstić information content (AvgIpc) is 2.87. The number of nitrogen functional groups attached to an aromatic ring is 1. The third kappa shape index (κ3) is 2.25. The highest BCUT2D eigenvalue weighted by molar-refractivity contribution is 9.10. The van der Waals surface area contributed by atoms with Gasteiger partial charge in [0.05, 0.1) is 23.0 Å². The van der Waals surface area contributed by atoms with Gasteiger partial charge in [0.25, 0.3) is 5.91 Å². The molecule has 0 unspecified atom stereocenters. The van der Waals surface area contributed by atoms with Crippen molar-refractivity contribution in [2.24, 2.45) is 0 Å². The van der Waals surface area contributed by atoms with Crippen LogP contribution in [-0.4, -0.2) is 15.5 Å². The van der Waals surface area contributed by atoms with E-state index >= 15 is 0 Å². The number of hydrogen-bond acceptors (Lipinski definition) is 3. The smallest absolute Gasteiger partial charge is 0.259 e. The lowest BCUT2D eigenvalue weighted by molar-refractivity contribution is 0.102. The molecule has 0 radical (unpaired) electrons. The van der Waals surface area contributed by atoms with Crippen molar-refractivity contribution in [3.8, 4) is 0 Å². The van der Waals surface area contributed by atoms with Gasteiger partial charge in [0.2, 0.25) is 0 Å². The monoisotopic (exact) mass is 330 g/mol.